The third-order valence-electron chi connectivity index (χ3n) is 4.71. The van der Waals surface area contributed by atoms with Gasteiger partial charge in [0.1, 0.15) is 6.61 Å². The molecule has 2 aliphatic heterocycles. The lowest BCUT2D eigenvalue weighted by Gasteiger charge is -2.24. The van der Waals surface area contributed by atoms with E-state index >= 15 is 0 Å². The summed E-state index contributed by atoms with van der Waals surface area (Å²) in [7, 11) is 0. The molecule has 2 aliphatic rings. The number of carbonyl (C=O) groups is 3. The van der Waals surface area contributed by atoms with E-state index < -0.39 is 6.09 Å². The quantitative estimate of drug-likeness (QED) is 0.847. The monoisotopic (exact) mass is 345 g/mol. The van der Waals surface area contributed by atoms with Gasteiger partial charge in [-0.1, -0.05) is 19.1 Å². The van der Waals surface area contributed by atoms with Gasteiger partial charge in [0.25, 0.3) is 0 Å². The van der Waals surface area contributed by atoms with Crippen molar-refractivity contribution in [1.82, 2.24) is 10.6 Å². The van der Waals surface area contributed by atoms with Gasteiger partial charge in [0.05, 0.1) is 6.04 Å². The van der Waals surface area contributed by atoms with Gasteiger partial charge in [0, 0.05) is 31.6 Å². The first-order valence-electron chi connectivity index (χ1n) is 8.67. The molecule has 0 aromatic heterocycles. The second kappa shape index (κ2) is 7.55. The summed E-state index contributed by atoms with van der Waals surface area (Å²) >= 11 is 0. The molecular formula is C18H23N3O4. The molecule has 134 valence electrons. The highest BCUT2D eigenvalue weighted by molar-refractivity contribution is 5.90. The molecule has 0 bridgehead atoms. The van der Waals surface area contributed by atoms with Gasteiger partial charge < -0.3 is 15.4 Å². The number of carbonyl (C=O) groups excluding carboxylic acids is 3. The van der Waals surface area contributed by atoms with Gasteiger partial charge in [-0.15, -0.1) is 0 Å². The van der Waals surface area contributed by atoms with Crippen LogP contribution in [0.15, 0.2) is 24.3 Å². The van der Waals surface area contributed by atoms with Gasteiger partial charge in [0.2, 0.25) is 11.8 Å². The molecule has 2 unspecified atom stereocenters. The van der Waals surface area contributed by atoms with Gasteiger partial charge in [-0.3, -0.25) is 14.5 Å². The van der Waals surface area contributed by atoms with Crippen molar-refractivity contribution in [2.24, 2.45) is 0 Å². The lowest BCUT2D eigenvalue weighted by Crippen LogP contribution is -2.42. The van der Waals surface area contributed by atoms with Crippen molar-refractivity contribution in [2.45, 2.75) is 38.1 Å². The van der Waals surface area contributed by atoms with Crippen LogP contribution < -0.4 is 15.5 Å². The van der Waals surface area contributed by atoms with Crippen molar-refractivity contribution in [1.29, 1.82) is 0 Å². The minimum Gasteiger partial charge on any atom is -0.447 e. The van der Waals surface area contributed by atoms with E-state index in [0.717, 1.165) is 17.7 Å². The van der Waals surface area contributed by atoms with Gasteiger partial charge in [-0.25, -0.2) is 4.79 Å². The first-order valence-corrected chi connectivity index (χ1v) is 8.67. The summed E-state index contributed by atoms with van der Waals surface area (Å²) in [5, 5.41) is 5.64. The molecule has 7 heteroatoms. The number of nitrogens with one attached hydrogen (secondary N) is 2. The maximum absolute atomic E-state index is 12.1. The average Bonchev–Trinajstić information content (AvgIpc) is 3.00. The van der Waals surface area contributed by atoms with Gasteiger partial charge >= 0.3 is 6.09 Å². The average molecular weight is 345 g/mol. The van der Waals surface area contributed by atoms with Crippen LogP contribution in [0.2, 0.25) is 0 Å². The Balaban J connectivity index is 1.70. The molecule has 2 saturated heterocycles. The van der Waals surface area contributed by atoms with Crippen molar-refractivity contribution < 1.29 is 19.1 Å². The number of rotatable bonds is 5. The maximum Gasteiger partial charge on any atom is 0.414 e. The van der Waals surface area contributed by atoms with Gasteiger partial charge in [-0.05, 0) is 30.0 Å². The van der Waals surface area contributed by atoms with E-state index in [0.29, 0.717) is 25.9 Å². The highest BCUT2D eigenvalue weighted by Gasteiger charge is 2.34. The smallest absolute Gasteiger partial charge is 0.414 e. The van der Waals surface area contributed by atoms with E-state index in [1.54, 1.807) is 11.8 Å². The summed E-state index contributed by atoms with van der Waals surface area (Å²) in [6, 6.07) is 7.47. The van der Waals surface area contributed by atoms with Crippen molar-refractivity contribution in [3.05, 3.63) is 29.8 Å². The van der Waals surface area contributed by atoms with E-state index in [-0.39, 0.29) is 30.4 Å². The van der Waals surface area contributed by atoms with Gasteiger partial charge in [-0.2, -0.15) is 0 Å². The third-order valence-corrected chi connectivity index (χ3v) is 4.71. The van der Waals surface area contributed by atoms with Crippen LogP contribution in [0.25, 0.3) is 0 Å². The Morgan fingerprint density at radius 1 is 1.32 bits per heavy atom. The van der Waals surface area contributed by atoms with Crippen LogP contribution in [0.4, 0.5) is 10.5 Å². The van der Waals surface area contributed by atoms with Crippen LogP contribution in [0.3, 0.4) is 0 Å². The zero-order valence-corrected chi connectivity index (χ0v) is 14.3. The zero-order valence-electron chi connectivity index (χ0n) is 14.3. The number of cyclic esters (lactones) is 1. The van der Waals surface area contributed by atoms with Crippen molar-refractivity contribution in [3.63, 3.8) is 0 Å². The molecule has 0 radical (unpaired) electrons. The normalized spacial score (nSPS) is 23.2. The Morgan fingerprint density at radius 3 is 2.76 bits per heavy atom. The number of benzene rings is 1. The van der Waals surface area contributed by atoms with Crippen molar-refractivity contribution >= 4 is 23.6 Å². The molecule has 25 heavy (non-hydrogen) atoms. The number of piperidine rings is 1. The second-order valence-electron chi connectivity index (χ2n) is 6.39. The van der Waals surface area contributed by atoms with Crippen LogP contribution in [-0.4, -0.2) is 43.6 Å². The van der Waals surface area contributed by atoms with Crippen LogP contribution in [-0.2, 0) is 14.3 Å². The Kier molecular flexibility index (Phi) is 5.21. The molecule has 2 N–H and O–H groups in total. The summed E-state index contributed by atoms with van der Waals surface area (Å²) in [5.41, 5.74) is 1.84. The van der Waals surface area contributed by atoms with E-state index in [9.17, 15) is 14.4 Å². The summed E-state index contributed by atoms with van der Waals surface area (Å²) in [6.07, 6.45) is 1.42. The lowest BCUT2D eigenvalue weighted by molar-refractivity contribution is -0.122. The summed E-state index contributed by atoms with van der Waals surface area (Å²) in [6.45, 7) is 3.10. The van der Waals surface area contributed by atoms with E-state index in [1.807, 2.05) is 24.3 Å². The molecule has 2 fully saturated rings. The standard InChI is InChI=1S/C18H23N3O4/c1-2-16(22)20-10-15-11-25-18(24)21(15)14-5-3-12(4-6-14)13-7-8-19-17(23)9-13/h3-6,13,15H,2,7-11H2,1H3,(H,19,23)(H,20,22). The molecule has 7 nitrogen and oxygen atoms in total. The molecule has 2 atom stereocenters. The minimum atomic E-state index is -0.402. The second-order valence-corrected chi connectivity index (χ2v) is 6.39. The molecule has 3 rings (SSSR count). The summed E-state index contributed by atoms with van der Waals surface area (Å²) in [5.74, 6) is 0.244. The largest absolute Gasteiger partial charge is 0.447 e. The predicted molar refractivity (Wildman–Crippen MR) is 92.3 cm³/mol. The van der Waals surface area contributed by atoms with Crippen molar-refractivity contribution in [2.75, 3.05) is 24.6 Å². The fourth-order valence-electron chi connectivity index (χ4n) is 3.26. The van der Waals surface area contributed by atoms with Crippen LogP contribution in [0.1, 0.15) is 37.7 Å². The van der Waals surface area contributed by atoms with Crippen LogP contribution in [0, 0.1) is 0 Å². The Bertz CT molecular complexity index is 659. The van der Waals surface area contributed by atoms with E-state index in [1.165, 1.54) is 0 Å². The van der Waals surface area contributed by atoms with Crippen LogP contribution in [0.5, 0.6) is 0 Å². The third kappa shape index (κ3) is 3.92. The highest BCUT2D eigenvalue weighted by atomic mass is 16.6. The number of hydrogen-bond donors (Lipinski definition) is 2. The van der Waals surface area contributed by atoms with E-state index in [4.69, 9.17) is 4.74 Å². The maximum atomic E-state index is 12.1. The molecule has 3 amide bonds. The van der Waals surface area contributed by atoms with E-state index in [2.05, 4.69) is 10.6 Å². The topological polar surface area (TPSA) is 87.7 Å². The lowest BCUT2D eigenvalue weighted by atomic mass is 9.90. The number of ether oxygens (including phenoxy) is 1. The highest BCUT2D eigenvalue weighted by Crippen LogP contribution is 2.29. The van der Waals surface area contributed by atoms with Gasteiger partial charge in [0.15, 0.2) is 0 Å². The Labute approximate surface area is 146 Å². The fourth-order valence-corrected chi connectivity index (χ4v) is 3.26. The first kappa shape index (κ1) is 17.3. The Morgan fingerprint density at radius 2 is 2.08 bits per heavy atom. The number of amides is 3. The molecule has 2 heterocycles. The summed E-state index contributed by atoms with van der Waals surface area (Å²) < 4.78 is 5.14. The molecule has 0 saturated carbocycles. The van der Waals surface area contributed by atoms with Crippen LogP contribution >= 0.6 is 0 Å². The number of anilines is 1. The zero-order chi connectivity index (χ0) is 17.8. The molecule has 0 aliphatic carbocycles. The molecular weight excluding hydrogens is 322 g/mol. The molecule has 1 aromatic rings. The van der Waals surface area contributed by atoms with Crippen molar-refractivity contribution in [3.8, 4) is 0 Å². The fraction of sp³-hybridized carbons (Fsp3) is 0.500. The molecule has 1 aromatic carbocycles. The summed E-state index contributed by atoms with van der Waals surface area (Å²) in [4.78, 5) is 36.6. The predicted octanol–water partition coefficient (Wildman–Crippen LogP) is 1.53. The SMILES string of the molecule is CCC(=O)NCC1COC(=O)N1c1ccc(C2CCNC(=O)C2)cc1. The first-order chi connectivity index (χ1) is 12.1. The number of nitrogens with zero attached hydrogens (tertiary/aromatic N) is 1. The number of hydrogen-bond acceptors (Lipinski definition) is 4. The Hall–Kier alpha value is -2.57. The molecule has 0 spiro atoms. The minimum absolute atomic E-state index is 0.0507.